The van der Waals surface area contributed by atoms with Gasteiger partial charge >= 0.3 is 8.25 Å². The van der Waals surface area contributed by atoms with Gasteiger partial charge in [0.2, 0.25) is 0 Å². The number of hydrogen-bond donors (Lipinski definition) is 2. The van der Waals surface area contributed by atoms with Crippen molar-refractivity contribution in [3.8, 4) is 0 Å². The van der Waals surface area contributed by atoms with Crippen LogP contribution >= 0.6 is 8.25 Å². The Kier molecular flexibility index (Phi) is 5.49. The Morgan fingerprint density at radius 3 is 2.61 bits per heavy atom. The van der Waals surface area contributed by atoms with Crippen LogP contribution in [0.3, 0.4) is 0 Å². The predicted octanol–water partition coefficient (Wildman–Crippen LogP) is 0.658. The number of hydrogen-bond acceptors (Lipinski definition) is 5. The van der Waals surface area contributed by atoms with Crippen LogP contribution in [0.5, 0.6) is 0 Å². The lowest BCUT2D eigenvalue weighted by molar-refractivity contribution is 0.323. The number of hydrazone groups is 1. The fourth-order valence-electron chi connectivity index (χ4n) is 1.02. The molecule has 0 aliphatic heterocycles. The molecule has 0 aliphatic rings. The molecule has 0 amide bonds. The molecule has 2 N–H and O–H groups in total. The first-order chi connectivity index (χ1) is 8.42. The average molecular weight is 292 g/mol. The highest BCUT2D eigenvalue weighted by Crippen LogP contribution is 2.12. The van der Waals surface area contributed by atoms with E-state index in [9.17, 15) is 13.0 Å². The van der Waals surface area contributed by atoms with Crippen LogP contribution in [0.15, 0.2) is 34.3 Å². The van der Waals surface area contributed by atoms with Crippen molar-refractivity contribution in [3.63, 3.8) is 0 Å². The normalized spacial score (nSPS) is 13.7. The summed E-state index contributed by atoms with van der Waals surface area (Å²) in [5.74, 6) is 0. The van der Waals surface area contributed by atoms with Crippen LogP contribution in [0.1, 0.15) is 5.56 Å². The van der Waals surface area contributed by atoms with Gasteiger partial charge in [0.25, 0.3) is 10.0 Å². The van der Waals surface area contributed by atoms with Gasteiger partial charge in [-0.15, -0.1) is 0 Å². The minimum Gasteiger partial charge on any atom is -0.326 e. The summed E-state index contributed by atoms with van der Waals surface area (Å²) in [6, 6.07) is 6.24. The summed E-state index contributed by atoms with van der Waals surface area (Å²) in [4.78, 5) is 10.4. The summed E-state index contributed by atoms with van der Waals surface area (Å²) in [7, 11) is -6.74. The lowest BCUT2D eigenvalue weighted by Gasteiger charge is -2.03. The molecule has 1 aromatic rings. The first-order valence-corrected chi connectivity index (χ1v) is 7.62. The van der Waals surface area contributed by atoms with Crippen molar-refractivity contribution in [2.45, 2.75) is 11.8 Å². The number of nitrogens with one attached hydrogen (secondary N) is 1. The topological polar surface area (TPSA) is 105 Å². The van der Waals surface area contributed by atoms with Crippen molar-refractivity contribution in [1.82, 2.24) is 4.83 Å². The second-order valence-electron chi connectivity index (χ2n) is 3.30. The van der Waals surface area contributed by atoms with Crippen molar-refractivity contribution in [1.29, 1.82) is 0 Å². The van der Waals surface area contributed by atoms with E-state index < -0.39 is 18.3 Å². The maximum Gasteiger partial charge on any atom is 0.316 e. The van der Waals surface area contributed by atoms with Crippen LogP contribution in [-0.2, 0) is 19.1 Å². The molecule has 0 aromatic heterocycles. The highest BCUT2D eigenvalue weighted by molar-refractivity contribution is 7.89. The second-order valence-corrected chi connectivity index (χ2v) is 5.78. The minimum absolute atomic E-state index is 0.0851. The van der Waals surface area contributed by atoms with Crippen molar-refractivity contribution >= 4 is 24.5 Å². The van der Waals surface area contributed by atoms with Crippen LogP contribution < -0.4 is 4.83 Å². The Bertz CT molecular complexity index is 541. The van der Waals surface area contributed by atoms with Crippen LogP contribution in [0.25, 0.3) is 0 Å². The second kappa shape index (κ2) is 6.65. The molecule has 0 saturated heterocycles. The largest absolute Gasteiger partial charge is 0.326 e. The molecule has 0 saturated carbocycles. The van der Waals surface area contributed by atoms with Gasteiger partial charge in [0.05, 0.1) is 17.7 Å². The molecule has 1 aromatic carbocycles. The molecular formula is C9H13N2O5PS. The Morgan fingerprint density at radius 1 is 1.44 bits per heavy atom. The van der Waals surface area contributed by atoms with E-state index in [1.165, 1.54) is 12.1 Å². The third-order valence-corrected chi connectivity index (χ3v) is 3.53. The van der Waals surface area contributed by atoms with Gasteiger partial charge in [-0.2, -0.15) is 13.5 Å². The third-order valence-electron chi connectivity index (χ3n) is 1.88. The van der Waals surface area contributed by atoms with E-state index in [4.69, 9.17) is 4.89 Å². The molecule has 0 spiro atoms. The highest BCUT2D eigenvalue weighted by atomic mass is 32.2. The zero-order valence-electron chi connectivity index (χ0n) is 9.53. The maximum atomic E-state index is 11.7. The van der Waals surface area contributed by atoms with Gasteiger partial charge in [0.15, 0.2) is 0 Å². The van der Waals surface area contributed by atoms with Gasteiger partial charge in [-0.25, -0.2) is 4.83 Å². The fraction of sp³-hybridized carbons (Fsp3) is 0.222. The smallest absolute Gasteiger partial charge is 0.316 e. The highest BCUT2D eigenvalue weighted by Gasteiger charge is 2.11. The Balaban J connectivity index is 2.60. The zero-order chi connectivity index (χ0) is 13.6. The zero-order valence-corrected chi connectivity index (χ0v) is 11.3. The molecule has 0 aliphatic carbocycles. The van der Waals surface area contributed by atoms with E-state index in [1.807, 2.05) is 11.8 Å². The van der Waals surface area contributed by atoms with E-state index in [0.29, 0.717) is 0 Å². The first-order valence-electron chi connectivity index (χ1n) is 4.87. The Morgan fingerprint density at radius 2 is 2.06 bits per heavy atom. The molecule has 1 atom stereocenters. The molecular weight excluding hydrogens is 279 g/mol. The van der Waals surface area contributed by atoms with Crippen molar-refractivity contribution in [2.75, 3.05) is 6.61 Å². The maximum absolute atomic E-state index is 11.7. The SMILES string of the molecule is Cc1ccc(S(=O)(=O)N/N=C/CO[PH](=O)O)cc1. The lowest BCUT2D eigenvalue weighted by atomic mass is 10.2. The number of aryl methyl sites for hydroxylation is 1. The van der Waals surface area contributed by atoms with Gasteiger partial charge in [0, 0.05) is 0 Å². The molecule has 9 heteroatoms. The first kappa shape index (κ1) is 14.8. The fourth-order valence-corrected chi connectivity index (χ4v) is 2.05. The molecule has 18 heavy (non-hydrogen) atoms. The predicted molar refractivity (Wildman–Crippen MR) is 67.2 cm³/mol. The summed E-state index contributed by atoms with van der Waals surface area (Å²) in [5.41, 5.74) is 0.943. The average Bonchev–Trinajstić information content (AvgIpc) is 2.28. The summed E-state index contributed by atoms with van der Waals surface area (Å²) in [5, 5.41) is 3.39. The number of benzene rings is 1. The van der Waals surface area contributed by atoms with Crippen molar-refractivity contribution in [2.24, 2.45) is 5.10 Å². The third kappa shape index (κ3) is 4.97. The quantitative estimate of drug-likeness (QED) is 0.455. The molecule has 0 heterocycles. The van der Waals surface area contributed by atoms with Crippen LogP contribution in [0.4, 0.5) is 0 Å². The van der Waals surface area contributed by atoms with E-state index >= 15 is 0 Å². The van der Waals surface area contributed by atoms with E-state index in [-0.39, 0.29) is 11.5 Å². The van der Waals surface area contributed by atoms with Crippen LogP contribution in [0.2, 0.25) is 0 Å². The molecule has 0 radical (unpaired) electrons. The molecule has 1 unspecified atom stereocenters. The van der Waals surface area contributed by atoms with Gasteiger partial charge in [-0.1, -0.05) is 17.7 Å². The van der Waals surface area contributed by atoms with Gasteiger partial charge < -0.3 is 9.42 Å². The van der Waals surface area contributed by atoms with Crippen LogP contribution in [0, 0.1) is 6.92 Å². The lowest BCUT2D eigenvalue weighted by Crippen LogP contribution is -2.18. The molecule has 0 bridgehead atoms. The monoisotopic (exact) mass is 292 g/mol. The number of sulfonamides is 1. The van der Waals surface area contributed by atoms with E-state index in [2.05, 4.69) is 9.63 Å². The Hall–Kier alpha value is -1.21. The molecule has 1 rings (SSSR count). The van der Waals surface area contributed by atoms with Gasteiger partial charge in [-0.05, 0) is 19.1 Å². The standard InChI is InChI=1S/C9H13N2O5PS/c1-8-2-4-9(5-3-8)18(14,15)11-10-6-7-16-17(12)13/h2-6,11,17H,7H2,1H3,(H,12,13)/b10-6+. The molecule has 7 nitrogen and oxygen atoms in total. The van der Waals surface area contributed by atoms with Crippen molar-refractivity contribution < 1.29 is 22.4 Å². The summed E-state index contributed by atoms with van der Waals surface area (Å²) in [6.07, 6.45) is 1.05. The summed E-state index contributed by atoms with van der Waals surface area (Å²) >= 11 is 0. The van der Waals surface area contributed by atoms with E-state index in [0.717, 1.165) is 11.8 Å². The molecule has 0 fully saturated rings. The van der Waals surface area contributed by atoms with Crippen LogP contribution in [-0.4, -0.2) is 26.1 Å². The molecule has 100 valence electrons. The van der Waals surface area contributed by atoms with Crippen molar-refractivity contribution in [3.05, 3.63) is 29.8 Å². The summed E-state index contributed by atoms with van der Waals surface area (Å²) < 4.78 is 37.8. The van der Waals surface area contributed by atoms with Gasteiger partial charge in [0.1, 0.15) is 0 Å². The Labute approximate surface area is 105 Å². The van der Waals surface area contributed by atoms with Gasteiger partial charge in [-0.3, -0.25) is 4.57 Å². The minimum atomic E-state index is -3.71. The number of rotatable bonds is 6. The van der Waals surface area contributed by atoms with E-state index in [1.54, 1.807) is 12.1 Å². The summed E-state index contributed by atoms with van der Waals surface area (Å²) in [6.45, 7) is 1.60. The number of nitrogens with zero attached hydrogens (tertiary/aromatic N) is 1.